The Morgan fingerprint density at radius 3 is 2.52 bits per heavy atom. The minimum atomic E-state index is -0.457. The third-order valence-corrected chi connectivity index (χ3v) is 3.86. The normalized spacial score (nSPS) is 12.0. The summed E-state index contributed by atoms with van der Waals surface area (Å²) in [4.78, 5) is 10.2. The van der Waals surface area contributed by atoms with E-state index in [9.17, 15) is 10.1 Å². The molecule has 0 radical (unpaired) electrons. The molecule has 0 amide bonds. The summed E-state index contributed by atoms with van der Waals surface area (Å²) in [6.45, 7) is 2.04. The van der Waals surface area contributed by atoms with Crippen LogP contribution in [0.1, 0.15) is 12.5 Å². The molecule has 0 heterocycles. The predicted molar refractivity (Wildman–Crippen MR) is 89.0 cm³/mol. The summed E-state index contributed by atoms with van der Waals surface area (Å²) in [5.74, 6) is 0. The zero-order valence-electron chi connectivity index (χ0n) is 11.3. The Morgan fingerprint density at radius 1 is 1.29 bits per heavy atom. The molecule has 21 heavy (non-hydrogen) atoms. The van der Waals surface area contributed by atoms with Crippen molar-refractivity contribution in [1.82, 2.24) is 0 Å². The van der Waals surface area contributed by atoms with Crippen molar-refractivity contribution in [2.75, 3.05) is 5.32 Å². The summed E-state index contributed by atoms with van der Waals surface area (Å²) < 4.78 is 1.05. The number of rotatable bonds is 5. The second-order valence-electron chi connectivity index (χ2n) is 4.80. The monoisotopic (exact) mass is 368 g/mol. The van der Waals surface area contributed by atoms with Gasteiger partial charge in [-0.2, -0.15) is 0 Å². The van der Waals surface area contributed by atoms with E-state index in [0.717, 1.165) is 10.9 Å². The van der Waals surface area contributed by atoms with Crippen LogP contribution in [-0.4, -0.2) is 11.0 Å². The van der Waals surface area contributed by atoms with Gasteiger partial charge in [0.25, 0.3) is 5.69 Å². The molecule has 0 spiro atoms. The zero-order valence-corrected chi connectivity index (χ0v) is 13.7. The van der Waals surface area contributed by atoms with E-state index >= 15 is 0 Å². The largest absolute Gasteiger partial charge is 0.381 e. The summed E-state index contributed by atoms with van der Waals surface area (Å²) in [5, 5.41) is 14.3. The lowest BCUT2D eigenvalue weighted by Crippen LogP contribution is -2.18. The topological polar surface area (TPSA) is 55.2 Å². The molecule has 0 saturated carbocycles. The Bertz CT molecular complexity index is 647. The molecule has 110 valence electrons. The van der Waals surface area contributed by atoms with E-state index in [4.69, 9.17) is 11.6 Å². The molecule has 2 rings (SSSR count). The van der Waals surface area contributed by atoms with Crippen molar-refractivity contribution in [3.05, 3.63) is 67.6 Å². The number of benzene rings is 2. The summed E-state index contributed by atoms with van der Waals surface area (Å²) in [6.07, 6.45) is 0.834. The molecule has 1 N–H and O–H groups in total. The second-order valence-corrected chi connectivity index (χ2v) is 6.12. The molecule has 0 bridgehead atoms. The number of hydrogen-bond donors (Lipinski definition) is 1. The minimum absolute atomic E-state index is 0.00823. The number of non-ortho nitro benzene ring substituents is 1. The van der Waals surface area contributed by atoms with Crippen LogP contribution < -0.4 is 5.32 Å². The molecule has 1 atom stereocenters. The Hall–Kier alpha value is -1.59. The Kier molecular flexibility index (Phi) is 5.20. The van der Waals surface area contributed by atoms with Crippen LogP contribution in [0.15, 0.2) is 46.9 Å². The van der Waals surface area contributed by atoms with E-state index < -0.39 is 4.92 Å². The average Bonchev–Trinajstić information content (AvgIpc) is 2.43. The second kappa shape index (κ2) is 6.91. The van der Waals surface area contributed by atoms with Crippen molar-refractivity contribution in [3.63, 3.8) is 0 Å². The maximum absolute atomic E-state index is 10.7. The van der Waals surface area contributed by atoms with Crippen LogP contribution in [0, 0.1) is 10.1 Å². The number of nitrogens with zero attached hydrogens (tertiary/aromatic N) is 1. The van der Waals surface area contributed by atoms with E-state index in [0.29, 0.717) is 10.7 Å². The van der Waals surface area contributed by atoms with E-state index in [1.54, 1.807) is 6.07 Å². The highest BCUT2D eigenvalue weighted by molar-refractivity contribution is 9.10. The summed E-state index contributed by atoms with van der Waals surface area (Å²) >= 11 is 9.47. The van der Waals surface area contributed by atoms with Gasteiger partial charge in [-0.25, -0.2) is 0 Å². The first-order chi connectivity index (χ1) is 9.95. The summed E-state index contributed by atoms with van der Waals surface area (Å²) in [7, 11) is 0. The highest BCUT2D eigenvalue weighted by atomic mass is 79.9. The molecule has 6 heteroatoms. The predicted octanol–water partition coefficient (Wildman–Crippen LogP) is 5.05. The third kappa shape index (κ3) is 4.44. The van der Waals surface area contributed by atoms with Crippen molar-refractivity contribution >= 4 is 38.9 Å². The Morgan fingerprint density at radius 2 is 1.95 bits per heavy atom. The standard InChI is InChI=1S/C15H14BrClN2O2/c1-10(8-11-2-4-12(16)5-3-11)18-15-7-6-13(19(20)21)9-14(15)17/h2-7,9-10,18H,8H2,1H3. The van der Waals surface area contributed by atoms with Crippen LogP contribution in [-0.2, 0) is 6.42 Å². The van der Waals surface area contributed by atoms with E-state index in [1.165, 1.54) is 17.7 Å². The van der Waals surface area contributed by atoms with Gasteiger partial charge < -0.3 is 5.32 Å². The molecule has 1 unspecified atom stereocenters. The van der Waals surface area contributed by atoms with Crippen LogP contribution in [0.5, 0.6) is 0 Å². The maximum atomic E-state index is 10.7. The van der Waals surface area contributed by atoms with Gasteiger partial charge in [0.15, 0.2) is 0 Å². The zero-order chi connectivity index (χ0) is 15.4. The molecule has 0 aliphatic heterocycles. The van der Waals surface area contributed by atoms with Crippen LogP contribution >= 0.6 is 27.5 Å². The van der Waals surface area contributed by atoms with Crippen molar-refractivity contribution in [2.24, 2.45) is 0 Å². The summed E-state index contributed by atoms with van der Waals surface area (Å²) in [5.41, 5.74) is 1.90. The average molecular weight is 370 g/mol. The molecule has 0 saturated heterocycles. The van der Waals surface area contributed by atoms with Crippen LogP contribution in [0.2, 0.25) is 5.02 Å². The van der Waals surface area contributed by atoms with Gasteiger partial charge in [-0.05, 0) is 37.1 Å². The fraction of sp³-hybridized carbons (Fsp3) is 0.200. The van der Waals surface area contributed by atoms with E-state index in [-0.39, 0.29) is 11.7 Å². The van der Waals surface area contributed by atoms with Crippen LogP contribution in [0.3, 0.4) is 0 Å². The number of nitrogens with one attached hydrogen (secondary N) is 1. The first-order valence-electron chi connectivity index (χ1n) is 6.40. The van der Waals surface area contributed by atoms with Crippen molar-refractivity contribution < 1.29 is 4.92 Å². The number of anilines is 1. The summed E-state index contributed by atoms with van der Waals surface area (Å²) in [6, 6.07) is 12.7. The fourth-order valence-corrected chi connectivity index (χ4v) is 2.52. The molecular formula is C15H14BrClN2O2. The fourth-order valence-electron chi connectivity index (χ4n) is 2.03. The van der Waals surface area contributed by atoms with Gasteiger partial charge in [0.2, 0.25) is 0 Å². The van der Waals surface area contributed by atoms with Crippen LogP contribution in [0.25, 0.3) is 0 Å². The van der Waals surface area contributed by atoms with Gasteiger partial charge in [-0.1, -0.05) is 39.7 Å². The van der Waals surface area contributed by atoms with Gasteiger partial charge >= 0.3 is 0 Å². The quantitative estimate of drug-likeness (QED) is 0.592. The molecule has 2 aromatic rings. The smallest absolute Gasteiger partial charge is 0.271 e. The Balaban J connectivity index is 2.04. The maximum Gasteiger partial charge on any atom is 0.271 e. The van der Waals surface area contributed by atoms with Crippen molar-refractivity contribution in [3.8, 4) is 0 Å². The van der Waals surface area contributed by atoms with Crippen molar-refractivity contribution in [2.45, 2.75) is 19.4 Å². The first-order valence-corrected chi connectivity index (χ1v) is 7.57. The molecule has 0 aliphatic carbocycles. The SMILES string of the molecule is CC(Cc1ccc(Br)cc1)Nc1ccc([N+](=O)[O-])cc1Cl. The van der Waals surface area contributed by atoms with Crippen molar-refractivity contribution in [1.29, 1.82) is 0 Å². The van der Waals surface area contributed by atoms with E-state index in [1.807, 2.05) is 19.1 Å². The number of nitro groups is 1. The highest BCUT2D eigenvalue weighted by Gasteiger charge is 2.11. The molecule has 0 aromatic heterocycles. The van der Waals surface area contributed by atoms with Gasteiger partial charge in [-0.15, -0.1) is 0 Å². The van der Waals surface area contributed by atoms with Gasteiger partial charge in [0, 0.05) is 22.6 Å². The molecule has 0 fully saturated rings. The van der Waals surface area contributed by atoms with E-state index in [2.05, 4.69) is 33.4 Å². The lowest BCUT2D eigenvalue weighted by Gasteiger charge is -2.16. The lowest BCUT2D eigenvalue weighted by atomic mass is 10.1. The molecule has 4 nitrogen and oxygen atoms in total. The lowest BCUT2D eigenvalue weighted by molar-refractivity contribution is -0.384. The number of nitro benzene ring substituents is 1. The molecular weight excluding hydrogens is 356 g/mol. The van der Waals surface area contributed by atoms with Crippen LogP contribution in [0.4, 0.5) is 11.4 Å². The highest BCUT2D eigenvalue weighted by Crippen LogP contribution is 2.27. The molecule has 0 aliphatic rings. The number of hydrogen-bond acceptors (Lipinski definition) is 3. The van der Waals surface area contributed by atoms with Gasteiger partial charge in [0.1, 0.15) is 0 Å². The molecule has 2 aromatic carbocycles. The van der Waals surface area contributed by atoms with Gasteiger partial charge in [0.05, 0.1) is 15.6 Å². The van der Waals surface area contributed by atoms with Gasteiger partial charge in [-0.3, -0.25) is 10.1 Å². The minimum Gasteiger partial charge on any atom is -0.381 e. The number of halogens is 2. The third-order valence-electron chi connectivity index (χ3n) is 3.02. The Labute approximate surface area is 136 Å². The first kappa shape index (κ1) is 15.8.